The maximum absolute atomic E-state index is 5.31. The maximum Gasteiger partial charge on any atom is 0.297 e. The Hall–Kier alpha value is -0.990. The monoisotopic (exact) mass is 166 g/mol. The first-order valence-corrected chi connectivity index (χ1v) is 4.43. The first-order chi connectivity index (χ1) is 5.75. The molecule has 0 aliphatic carbocycles. The molecule has 0 amide bonds. The van der Waals surface area contributed by atoms with Gasteiger partial charge >= 0.3 is 0 Å². The zero-order valence-corrected chi connectivity index (χ0v) is 7.58. The summed E-state index contributed by atoms with van der Waals surface area (Å²) in [6, 6.07) is 0.789. The predicted octanol–water partition coefficient (Wildman–Crippen LogP) is 1.83. The van der Waals surface area contributed by atoms with Gasteiger partial charge in [0.15, 0.2) is 0 Å². The topological polar surface area (TPSA) is 29.3 Å². The molecule has 12 heavy (non-hydrogen) atoms. The molecule has 0 aromatic carbocycles. The van der Waals surface area contributed by atoms with Crippen molar-refractivity contribution in [2.75, 3.05) is 18.0 Å². The van der Waals surface area contributed by atoms with Gasteiger partial charge in [-0.1, -0.05) is 6.92 Å². The third-order valence-corrected chi connectivity index (χ3v) is 2.30. The van der Waals surface area contributed by atoms with Gasteiger partial charge in [-0.3, -0.25) is 0 Å². The number of hydrogen-bond donors (Lipinski definition) is 0. The molecule has 1 aromatic heterocycles. The first-order valence-electron chi connectivity index (χ1n) is 4.43. The van der Waals surface area contributed by atoms with E-state index < -0.39 is 0 Å². The van der Waals surface area contributed by atoms with E-state index in [0.29, 0.717) is 0 Å². The number of aryl methyl sites for hydroxylation is 1. The van der Waals surface area contributed by atoms with Gasteiger partial charge in [-0.2, -0.15) is 4.98 Å². The van der Waals surface area contributed by atoms with Crippen molar-refractivity contribution in [1.29, 1.82) is 0 Å². The van der Waals surface area contributed by atoms with E-state index in [9.17, 15) is 0 Å². The molecule has 1 atom stereocenters. The lowest BCUT2D eigenvalue weighted by Crippen LogP contribution is -2.19. The second-order valence-corrected chi connectivity index (χ2v) is 3.61. The van der Waals surface area contributed by atoms with Crippen molar-refractivity contribution in [3.05, 3.63) is 12.0 Å². The van der Waals surface area contributed by atoms with Gasteiger partial charge < -0.3 is 9.32 Å². The molecular formula is C9H14N2O. The summed E-state index contributed by atoms with van der Waals surface area (Å²) in [6.07, 6.45) is 2.96. The second-order valence-electron chi connectivity index (χ2n) is 3.61. The summed E-state index contributed by atoms with van der Waals surface area (Å²) < 4.78 is 5.31. The average molecular weight is 166 g/mol. The smallest absolute Gasteiger partial charge is 0.297 e. The Morgan fingerprint density at radius 3 is 3.00 bits per heavy atom. The fourth-order valence-electron chi connectivity index (χ4n) is 1.60. The number of aromatic nitrogens is 1. The third-order valence-electron chi connectivity index (χ3n) is 2.30. The molecule has 2 heterocycles. The molecule has 1 fully saturated rings. The van der Waals surface area contributed by atoms with Crippen molar-refractivity contribution in [1.82, 2.24) is 4.98 Å². The van der Waals surface area contributed by atoms with Crippen LogP contribution in [0, 0.1) is 12.8 Å². The van der Waals surface area contributed by atoms with Crippen LogP contribution in [-0.2, 0) is 0 Å². The zero-order valence-electron chi connectivity index (χ0n) is 7.58. The van der Waals surface area contributed by atoms with E-state index in [1.54, 1.807) is 6.26 Å². The van der Waals surface area contributed by atoms with Crippen molar-refractivity contribution in [3.8, 4) is 0 Å². The van der Waals surface area contributed by atoms with Crippen LogP contribution in [0.1, 0.15) is 19.0 Å². The fraction of sp³-hybridized carbons (Fsp3) is 0.667. The molecule has 1 aromatic rings. The minimum Gasteiger partial charge on any atom is -0.432 e. The van der Waals surface area contributed by atoms with Gasteiger partial charge in [-0.05, 0) is 19.3 Å². The number of anilines is 1. The Morgan fingerprint density at radius 1 is 1.67 bits per heavy atom. The summed E-state index contributed by atoms with van der Waals surface area (Å²) in [5, 5.41) is 0. The molecule has 1 saturated heterocycles. The summed E-state index contributed by atoms with van der Waals surface area (Å²) in [4.78, 5) is 6.49. The van der Waals surface area contributed by atoms with Crippen LogP contribution in [0.25, 0.3) is 0 Å². The molecule has 1 aliphatic heterocycles. The Bertz CT molecular complexity index is 269. The third kappa shape index (κ3) is 1.31. The van der Waals surface area contributed by atoms with E-state index in [-0.39, 0.29) is 0 Å². The fourth-order valence-corrected chi connectivity index (χ4v) is 1.60. The average Bonchev–Trinajstić information content (AvgIpc) is 2.58. The van der Waals surface area contributed by atoms with Crippen LogP contribution in [0.15, 0.2) is 10.7 Å². The quantitative estimate of drug-likeness (QED) is 0.637. The van der Waals surface area contributed by atoms with E-state index in [4.69, 9.17) is 4.42 Å². The molecule has 1 aliphatic rings. The van der Waals surface area contributed by atoms with Gasteiger partial charge in [0, 0.05) is 13.1 Å². The molecule has 2 rings (SSSR count). The molecule has 0 spiro atoms. The zero-order chi connectivity index (χ0) is 8.55. The van der Waals surface area contributed by atoms with Gasteiger partial charge in [-0.15, -0.1) is 0 Å². The van der Waals surface area contributed by atoms with E-state index in [2.05, 4.69) is 16.8 Å². The number of rotatable bonds is 1. The highest BCUT2D eigenvalue weighted by Crippen LogP contribution is 2.22. The summed E-state index contributed by atoms with van der Waals surface area (Å²) in [6.45, 7) is 6.38. The normalized spacial score (nSPS) is 23.5. The molecular weight excluding hydrogens is 152 g/mol. The molecule has 3 heteroatoms. The predicted molar refractivity (Wildman–Crippen MR) is 47.2 cm³/mol. The van der Waals surface area contributed by atoms with Crippen LogP contribution in [0.2, 0.25) is 0 Å². The SMILES string of the molecule is Cc1coc(N2CCC(C)C2)n1. The molecule has 66 valence electrons. The lowest BCUT2D eigenvalue weighted by molar-refractivity contribution is 0.542. The number of nitrogens with zero attached hydrogens (tertiary/aromatic N) is 2. The number of oxazole rings is 1. The highest BCUT2D eigenvalue weighted by atomic mass is 16.4. The van der Waals surface area contributed by atoms with Crippen LogP contribution in [0.3, 0.4) is 0 Å². The van der Waals surface area contributed by atoms with E-state index in [1.807, 2.05) is 6.92 Å². The van der Waals surface area contributed by atoms with Gasteiger partial charge in [-0.25, -0.2) is 0 Å². The van der Waals surface area contributed by atoms with Crippen LogP contribution < -0.4 is 4.90 Å². The molecule has 3 nitrogen and oxygen atoms in total. The Labute approximate surface area is 72.4 Å². The Kier molecular flexibility index (Phi) is 1.79. The van der Waals surface area contributed by atoms with Gasteiger partial charge in [0.05, 0.1) is 5.69 Å². The molecule has 0 saturated carbocycles. The molecule has 0 N–H and O–H groups in total. The minimum absolute atomic E-state index is 0.775. The van der Waals surface area contributed by atoms with Crippen LogP contribution in [0.4, 0.5) is 6.01 Å². The molecule has 0 bridgehead atoms. The lowest BCUT2D eigenvalue weighted by atomic mass is 10.2. The molecule has 1 unspecified atom stereocenters. The summed E-state index contributed by atoms with van der Waals surface area (Å²) in [5.74, 6) is 0.775. The van der Waals surface area contributed by atoms with Crippen molar-refractivity contribution >= 4 is 6.01 Å². The maximum atomic E-state index is 5.31. The minimum atomic E-state index is 0.775. The highest BCUT2D eigenvalue weighted by Gasteiger charge is 2.21. The van der Waals surface area contributed by atoms with Gasteiger partial charge in [0.25, 0.3) is 6.01 Å². The van der Waals surface area contributed by atoms with Crippen molar-refractivity contribution in [3.63, 3.8) is 0 Å². The van der Waals surface area contributed by atoms with E-state index in [1.165, 1.54) is 6.42 Å². The Balaban J connectivity index is 2.11. The van der Waals surface area contributed by atoms with E-state index in [0.717, 1.165) is 30.7 Å². The van der Waals surface area contributed by atoms with Gasteiger partial charge in [0.1, 0.15) is 6.26 Å². The van der Waals surface area contributed by atoms with Crippen molar-refractivity contribution in [2.45, 2.75) is 20.3 Å². The summed E-state index contributed by atoms with van der Waals surface area (Å²) >= 11 is 0. The second kappa shape index (κ2) is 2.81. The number of hydrogen-bond acceptors (Lipinski definition) is 3. The highest BCUT2D eigenvalue weighted by molar-refractivity contribution is 5.28. The van der Waals surface area contributed by atoms with E-state index >= 15 is 0 Å². The summed E-state index contributed by atoms with van der Waals surface area (Å²) in [5.41, 5.74) is 0.963. The largest absolute Gasteiger partial charge is 0.432 e. The lowest BCUT2D eigenvalue weighted by Gasteiger charge is -2.11. The standard InChI is InChI=1S/C9H14N2O/c1-7-3-4-11(5-7)9-10-8(2)6-12-9/h6-7H,3-5H2,1-2H3. The van der Waals surface area contributed by atoms with Crippen LogP contribution in [0.5, 0.6) is 0 Å². The Morgan fingerprint density at radius 2 is 2.50 bits per heavy atom. The van der Waals surface area contributed by atoms with Crippen LogP contribution >= 0.6 is 0 Å². The van der Waals surface area contributed by atoms with Crippen LogP contribution in [-0.4, -0.2) is 18.1 Å². The van der Waals surface area contributed by atoms with Gasteiger partial charge in [0.2, 0.25) is 0 Å². The summed E-state index contributed by atoms with van der Waals surface area (Å²) in [7, 11) is 0. The first kappa shape index (κ1) is 7.65. The van der Waals surface area contributed by atoms with Crippen molar-refractivity contribution < 1.29 is 4.42 Å². The van der Waals surface area contributed by atoms with Crippen molar-refractivity contribution in [2.24, 2.45) is 5.92 Å². The molecule has 0 radical (unpaired) electrons.